The van der Waals surface area contributed by atoms with Gasteiger partial charge < -0.3 is 9.72 Å². The van der Waals surface area contributed by atoms with E-state index < -0.39 is 0 Å². The fraction of sp³-hybridized carbons (Fsp3) is 0.533. The molecule has 1 fully saturated rings. The number of fused-ring (bicyclic) bond motifs is 1. The predicted molar refractivity (Wildman–Crippen MR) is 74.0 cm³/mol. The van der Waals surface area contributed by atoms with Gasteiger partial charge in [-0.05, 0) is 50.4 Å². The van der Waals surface area contributed by atoms with Crippen LogP contribution in [0.5, 0.6) is 0 Å². The summed E-state index contributed by atoms with van der Waals surface area (Å²) in [5.41, 5.74) is 4.93. The largest absolute Gasteiger partial charge is 0.314 e. The molecular weight excluding hydrogens is 222 g/mol. The average Bonchev–Trinajstić information content (AvgIpc) is 2.79. The first-order chi connectivity index (χ1) is 8.74. The first-order valence-corrected chi connectivity index (χ1v) is 6.91. The molecule has 2 aromatic heterocycles. The van der Waals surface area contributed by atoms with Gasteiger partial charge in [0, 0.05) is 24.9 Å². The summed E-state index contributed by atoms with van der Waals surface area (Å²) in [5, 5.41) is 3.59. The van der Waals surface area contributed by atoms with Gasteiger partial charge in [0.15, 0.2) is 0 Å². The lowest BCUT2D eigenvalue weighted by Crippen LogP contribution is -2.35. The number of hydrogen-bond donors (Lipinski definition) is 1. The van der Waals surface area contributed by atoms with Gasteiger partial charge in [0.05, 0.1) is 5.69 Å². The number of nitrogens with zero attached hydrogens (tertiary/aromatic N) is 2. The van der Waals surface area contributed by atoms with Crippen LogP contribution in [-0.4, -0.2) is 22.0 Å². The maximum absolute atomic E-state index is 4.79. The highest BCUT2D eigenvalue weighted by molar-refractivity contribution is 5.51. The summed E-state index contributed by atoms with van der Waals surface area (Å²) in [6.07, 6.45) is 9.30. The molecule has 0 aromatic carbocycles. The molecule has 96 valence electrons. The van der Waals surface area contributed by atoms with Crippen LogP contribution >= 0.6 is 0 Å². The van der Waals surface area contributed by atoms with E-state index in [4.69, 9.17) is 4.98 Å². The van der Waals surface area contributed by atoms with Crippen molar-refractivity contribution in [2.75, 3.05) is 6.54 Å². The van der Waals surface area contributed by atoms with Crippen LogP contribution in [0.25, 0.3) is 5.65 Å². The van der Waals surface area contributed by atoms with Crippen molar-refractivity contribution in [1.82, 2.24) is 14.7 Å². The van der Waals surface area contributed by atoms with Crippen LogP contribution in [0.1, 0.15) is 36.1 Å². The minimum atomic E-state index is 0.616. The van der Waals surface area contributed by atoms with Crippen LogP contribution < -0.4 is 5.32 Å². The number of aryl methyl sites for hydroxylation is 2. The number of nitrogens with one attached hydrogen (secondary N) is 1. The lowest BCUT2D eigenvalue weighted by Gasteiger charge is -2.22. The Balaban J connectivity index is 1.86. The maximum Gasteiger partial charge on any atom is 0.140 e. The number of aromatic nitrogens is 2. The third kappa shape index (κ3) is 2.15. The van der Waals surface area contributed by atoms with Crippen molar-refractivity contribution in [3.8, 4) is 0 Å². The highest BCUT2D eigenvalue weighted by atomic mass is 15.0. The van der Waals surface area contributed by atoms with Gasteiger partial charge in [0.25, 0.3) is 0 Å². The molecule has 3 heteroatoms. The monoisotopic (exact) mass is 243 g/mol. The summed E-state index contributed by atoms with van der Waals surface area (Å²) in [6.45, 7) is 5.46. The number of piperidine rings is 1. The third-order valence-corrected chi connectivity index (χ3v) is 4.06. The summed E-state index contributed by atoms with van der Waals surface area (Å²) in [6, 6.07) is 2.78. The highest BCUT2D eigenvalue weighted by Crippen LogP contribution is 2.17. The van der Waals surface area contributed by atoms with Gasteiger partial charge in [-0.3, -0.25) is 0 Å². The van der Waals surface area contributed by atoms with Crippen LogP contribution in [0.3, 0.4) is 0 Å². The van der Waals surface area contributed by atoms with Crippen LogP contribution in [0, 0.1) is 13.8 Å². The molecular formula is C15H21N3. The quantitative estimate of drug-likeness (QED) is 0.878. The third-order valence-electron chi connectivity index (χ3n) is 4.06. The Kier molecular flexibility index (Phi) is 3.08. The van der Waals surface area contributed by atoms with Crippen LogP contribution in [-0.2, 0) is 6.42 Å². The maximum atomic E-state index is 4.79. The molecule has 0 amide bonds. The Bertz CT molecular complexity index is 550. The molecule has 0 saturated carbocycles. The Morgan fingerprint density at radius 1 is 1.39 bits per heavy atom. The molecule has 3 heterocycles. The van der Waals surface area contributed by atoms with Crippen molar-refractivity contribution in [2.24, 2.45) is 0 Å². The second-order valence-corrected chi connectivity index (χ2v) is 5.44. The number of hydrogen-bond acceptors (Lipinski definition) is 2. The SMILES string of the molecule is Cc1ccn2cc(CC3CCCCN3)nc2c1C. The molecule has 1 saturated heterocycles. The minimum Gasteiger partial charge on any atom is -0.314 e. The lowest BCUT2D eigenvalue weighted by molar-refractivity contribution is 0.397. The molecule has 1 aliphatic heterocycles. The van der Waals surface area contributed by atoms with E-state index in [1.807, 2.05) is 0 Å². The topological polar surface area (TPSA) is 29.3 Å². The summed E-state index contributed by atoms with van der Waals surface area (Å²) in [7, 11) is 0. The van der Waals surface area contributed by atoms with E-state index in [0.29, 0.717) is 6.04 Å². The van der Waals surface area contributed by atoms with Crippen molar-refractivity contribution in [3.05, 3.63) is 35.3 Å². The Morgan fingerprint density at radius 2 is 2.28 bits per heavy atom. The molecule has 0 bridgehead atoms. The van der Waals surface area contributed by atoms with Crippen molar-refractivity contribution in [1.29, 1.82) is 0 Å². The number of rotatable bonds is 2. The van der Waals surface area contributed by atoms with E-state index in [-0.39, 0.29) is 0 Å². The standard InChI is InChI=1S/C15H21N3/c1-11-6-8-18-10-14(17-15(18)12(11)2)9-13-5-3-4-7-16-13/h6,8,10,13,16H,3-5,7,9H2,1-2H3. The zero-order valence-corrected chi connectivity index (χ0v) is 11.2. The molecule has 3 rings (SSSR count). The first-order valence-electron chi connectivity index (χ1n) is 6.91. The molecule has 1 aliphatic rings. The molecule has 3 nitrogen and oxygen atoms in total. The van der Waals surface area contributed by atoms with Crippen molar-refractivity contribution in [3.63, 3.8) is 0 Å². The fourth-order valence-electron chi connectivity index (χ4n) is 2.78. The second-order valence-electron chi connectivity index (χ2n) is 5.44. The zero-order chi connectivity index (χ0) is 12.5. The van der Waals surface area contributed by atoms with Gasteiger partial charge in [-0.1, -0.05) is 6.42 Å². The van der Waals surface area contributed by atoms with Crippen LogP contribution in [0.15, 0.2) is 18.5 Å². The molecule has 2 aromatic rings. The van der Waals surface area contributed by atoms with Crippen molar-refractivity contribution >= 4 is 5.65 Å². The smallest absolute Gasteiger partial charge is 0.140 e. The summed E-state index contributed by atoms with van der Waals surface area (Å²) < 4.78 is 2.15. The highest BCUT2D eigenvalue weighted by Gasteiger charge is 2.15. The molecule has 18 heavy (non-hydrogen) atoms. The van der Waals surface area contributed by atoms with E-state index >= 15 is 0 Å². The second kappa shape index (κ2) is 4.73. The van der Waals surface area contributed by atoms with Gasteiger partial charge in [-0.2, -0.15) is 0 Å². The summed E-state index contributed by atoms with van der Waals surface area (Å²) >= 11 is 0. The molecule has 1 atom stereocenters. The van der Waals surface area contributed by atoms with Gasteiger partial charge in [0.2, 0.25) is 0 Å². The van der Waals surface area contributed by atoms with Crippen LogP contribution in [0.4, 0.5) is 0 Å². The normalized spacial score (nSPS) is 20.4. The van der Waals surface area contributed by atoms with E-state index in [0.717, 1.165) is 18.6 Å². The average molecular weight is 243 g/mol. The summed E-state index contributed by atoms with van der Waals surface area (Å²) in [5.74, 6) is 0. The van der Waals surface area contributed by atoms with Gasteiger partial charge in [-0.25, -0.2) is 4.98 Å². The predicted octanol–water partition coefficient (Wildman–Crippen LogP) is 2.64. The Labute approximate surface area is 108 Å². The zero-order valence-electron chi connectivity index (χ0n) is 11.2. The molecule has 1 unspecified atom stereocenters. The summed E-state index contributed by atoms with van der Waals surface area (Å²) in [4.78, 5) is 4.79. The Hall–Kier alpha value is -1.35. The van der Waals surface area contributed by atoms with Crippen molar-refractivity contribution < 1.29 is 0 Å². The van der Waals surface area contributed by atoms with Crippen LogP contribution in [0.2, 0.25) is 0 Å². The molecule has 1 N–H and O–H groups in total. The van der Waals surface area contributed by atoms with Gasteiger partial charge >= 0.3 is 0 Å². The van der Waals surface area contributed by atoms with Crippen molar-refractivity contribution in [2.45, 2.75) is 45.6 Å². The fourth-order valence-corrected chi connectivity index (χ4v) is 2.78. The van der Waals surface area contributed by atoms with Gasteiger partial charge in [0.1, 0.15) is 5.65 Å². The number of imidazole rings is 1. The first kappa shape index (κ1) is 11.7. The van der Waals surface area contributed by atoms with E-state index in [9.17, 15) is 0 Å². The van der Waals surface area contributed by atoms with E-state index in [2.05, 4.69) is 42.0 Å². The number of pyridine rings is 1. The minimum absolute atomic E-state index is 0.616. The Morgan fingerprint density at radius 3 is 3.06 bits per heavy atom. The molecule has 0 spiro atoms. The molecule has 0 aliphatic carbocycles. The van der Waals surface area contributed by atoms with Gasteiger partial charge in [-0.15, -0.1) is 0 Å². The van der Waals surface area contributed by atoms with E-state index in [1.165, 1.54) is 36.1 Å². The van der Waals surface area contributed by atoms with E-state index in [1.54, 1.807) is 0 Å². The lowest BCUT2D eigenvalue weighted by atomic mass is 10.0. The molecule has 0 radical (unpaired) electrons.